The standard InChI is InChI=1S/C12H17NO3/c1-3-13-9(2)7-14-10-4-5-11-12(6-10)16-8-15-11/h4-6,9,13H,3,7-8H2,1-2H3. The fourth-order valence-electron chi connectivity index (χ4n) is 1.60. The van der Waals surface area contributed by atoms with E-state index in [4.69, 9.17) is 14.2 Å². The van der Waals surface area contributed by atoms with E-state index in [1.54, 1.807) is 0 Å². The van der Waals surface area contributed by atoms with Crippen LogP contribution in [0.2, 0.25) is 0 Å². The second-order valence-corrected chi connectivity index (χ2v) is 3.78. The third-order valence-electron chi connectivity index (χ3n) is 2.40. The first-order valence-corrected chi connectivity index (χ1v) is 5.55. The smallest absolute Gasteiger partial charge is 0.231 e. The summed E-state index contributed by atoms with van der Waals surface area (Å²) in [6.07, 6.45) is 0. The zero-order valence-electron chi connectivity index (χ0n) is 9.66. The van der Waals surface area contributed by atoms with Crippen molar-refractivity contribution in [1.29, 1.82) is 0 Å². The van der Waals surface area contributed by atoms with Gasteiger partial charge in [0.05, 0.1) is 0 Å². The molecular formula is C12H17NO3. The number of fused-ring (bicyclic) bond motifs is 1. The summed E-state index contributed by atoms with van der Waals surface area (Å²) in [6.45, 7) is 6.07. The number of hydrogen-bond donors (Lipinski definition) is 1. The highest BCUT2D eigenvalue weighted by Gasteiger charge is 2.13. The van der Waals surface area contributed by atoms with Gasteiger partial charge in [-0.1, -0.05) is 6.92 Å². The van der Waals surface area contributed by atoms with Crippen LogP contribution in [0.5, 0.6) is 17.2 Å². The van der Waals surface area contributed by atoms with E-state index >= 15 is 0 Å². The molecule has 0 amide bonds. The van der Waals surface area contributed by atoms with Crippen molar-refractivity contribution < 1.29 is 14.2 Å². The van der Waals surface area contributed by atoms with Gasteiger partial charge in [0.15, 0.2) is 11.5 Å². The first kappa shape index (κ1) is 11.1. The maximum absolute atomic E-state index is 5.65. The summed E-state index contributed by atoms with van der Waals surface area (Å²) in [6, 6.07) is 5.97. The molecule has 4 nitrogen and oxygen atoms in total. The van der Waals surface area contributed by atoms with Crippen LogP contribution in [0.3, 0.4) is 0 Å². The summed E-state index contributed by atoms with van der Waals surface area (Å²) >= 11 is 0. The van der Waals surface area contributed by atoms with Gasteiger partial charge in [0.2, 0.25) is 6.79 Å². The molecule has 2 rings (SSSR count). The minimum absolute atomic E-state index is 0.298. The second kappa shape index (κ2) is 5.07. The molecule has 1 N–H and O–H groups in total. The first-order chi connectivity index (χ1) is 7.79. The average molecular weight is 223 g/mol. The third-order valence-corrected chi connectivity index (χ3v) is 2.40. The van der Waals surface area contributed by atoms with E-state index in [9.17, 15) is 0 Å². The van der Waals surface area contributed by atoms with Crippen LogP contribution in [0.15, 0.2) is 18.2 Å². The fourth-order valence-corrected chi connectivity index (χ4v) is 1.60. The van der Waals surface area contributed by atoms with Crippen molar-refractivity contribution in [2.24, 2.45) is 0 Å². The lowest BCUT2D eigenvalue weighted by atomic mass is 10.3. The van der Waals surface area contributed by atoms with Crippen LogP contribution in [0.25, 0.3) is 0 Å². The molecule has 0 aliphatic carbocycles. The summed E-state index contributed by atoms with van der Waals surface area (Å²) in [4.78, 5) is 0. The maximum Gasteiger partial charge on any atom is 0.231 e. The van der Waals surface area contributed by atoms with E-state index in [-0.39, 0.29) is 0 Å². The van der Waals surface area contributed by atoms with Gasteiger partial charge < -0.3 is 19.5 Å². The van der Waals surface area contributed by atoms with Gasteiger partial charge in [0.25, 0.3) is 0 Å². The Morgan fingerprint density at radius 2 is 2.19 bits per heavy atom. The average Bonchev–Trinajstić information content (AvgIpc) is 2.74. The van der Waals surface area contributed by atoms with Crippen molar-refractivity contribution in [3.8, 4) is 17.2 Å². The molecule has 4 heteroatoms. The van der Waals surface area contributed by atoms with Gasteiger partial charge >= 0.3 is 0 Å². The Balaban J connectivity index is 1.90. The van der Waals surface area contributed by atoms with Crippen LogP contribution in [0.4, 0.5) is 0 Å². The van der Waals surface area contributed by atoms with Gasteiger partial charge in [-0.2, -0.15) is 0 Å². The molecule has 0 saturated carbocycles. The van der Waals surface area contributed by atoms with Crippen LogP contribution in [-0.2, 0) is 0 Å². The van der Waals surface area contributed by atoms with Crippen molar-refractivity contribution in [3.05, 3.63) is 18.2 Å². The van der Waals surface area contributed by atoms with Gasteiger partial charge in [-0.15, -0.1) is 0 Å². The molecule has 88 valence electrons. The molecule has 1 aromatic carbocycles. The lowest BCUT2D eigenvalue weighted by molar-refractivity contribution is 0.173. The van der Waals surface area contributed by atoms with Gasteiger partial charge in [0, 0.05) is 12.1 Å². The van der Waals surface area contributed by atoms with Crippen LogP contribution in [0, 0.1) is 0 Å². The van der Waals surface area contributed by atoms with E-state index < -0.39 is 0 Å². The van der Waals surface area contributed by atoms with Crippen molar-refractivity contribution in [1.82, 2.24) is 5.32 Å². The summed E-state index contributed by atoms with van der Waals surface area (Å²) in [5.74, 6) is 2.36. The molecule has 1 unspecified atom stereocenters. The molecule has 0 aromatic heterocycles. The van der Waals surface area contributed by atoms with Gasteiger partial charge in [0.1, 0.15) is 12.4 Å². The predicted molar refractivity (Wildman–Crippen MR) is 61.2 cm³/mol. The summed E-state index contributed by atoms with van der Waals surface area (Å²) in [7, 11) is 0. The highest BCUT2D eigenvalue weighted by Crippen LogP contribution is 2.34. The molecule has 1 aromatic rings. The number of rotatable bonds is 5. The number of benzene rings is 1. The molecule has 0 bridgehead atoms. The van der Waals surface area contributed by atoms with Crippen molar-refractivity contribution in [2.75, 3.05) is 19.9 Å². The minimum atomic E-state index is 0.298. The topological polar surface area (TPSA) is 39.7 Å². The second-order valence-electron chi connectivity index (χ2n) is 3.78. The fraction of sp³-hybridized carbons (Fsp3) is 0.500. The number of likely N-dealkylation sites (N-methyl/N-ethyl adjacent to an activating group) is 1. The molecule has 1 aliphatic heterocycles. The highest BCUT2D eigenvalue weighted by molar-refractivity contribution is 5.46. The van der Waals surface area contributed by atoms with E-state index in [1.807, 2.05) is 18.2 Å². The van der Waals surface area contributed by atoms with E-state index in [0.717, 1.165) is 23.8 Å². The summed E-state index contributed by atoms with van der Waals surface area (Å²) < 4.78 is 16.2. The number of hydrogen-bond acceptors (Lipinski definition) is 4. The number of ether oxygens (including phenoxy) is 3. The molecule has 1 atom stereocenters. The van der Waals surface area contributed by atoms with E-state index in [0.29, 0.717) is 19.4 Å². The summed E-state index contributed by atoms with van der Waals surface area (Å²) in [5.41, 5.74) is 0. The lowest BCUT2D eigenvalue weighted by Gasteiger charge is -2.13. The van der Waals surface area contributed by atoms with Crippen LogP contribution in [0.1, 0.15) is 13.8 Å². The van der Waals surface area contributed by atoms with E-state index in [1.165, 1.54) is 0 Å². The molecule has 0 saturated heterocycles. The zero-order valence-corrected chi connectivity index (χ0v) is 9.66. The maximum atomic E-state index is 5.65. The Hall–Kier alpha value is -1.42. The molecule has 0 spiro atoms. The first-order valence-electron chi connectivity index (χ1n) is 5.55. The van der Waals surface area contributed by atoms with Gasteiger partial charge in [-0.3, -0.25) is 0 Å². The Kier molecular flexibility index (Phi) is 3.51. The molecule has 0 fully saturated rings. The Bertz CT molecular complexity index is 354. The van der Waals surface area contributed by atoms with Crippen LogP contribution in [-0.4, -0.2) is 26.0 Å². The Morgan fingerprint density at radius 3 is 3.00 bits per heavy atom. The van der Waals surface area contributed by atoms with E-state index in [2.05, 4.69) is 19.2 Å². The molecule has 1 aliphatic rings. The normalized spacial score (nSPS) is 14.9. The molecule has 0 radical (unpaired) electrons. The van der Waals surface area contributed by atoms with Crippen LogP contribution >= 0.6 is 0 Å². The van der Waals surface area contributed by atoms with Crippen molar-refractivity contribution in [2.45, 2.75) is 19.9 Å². The predicted octanol–water partition coefficient (Wildman–Crippen LogP) is 1.79. The zero-order chi connectivity index (χ0) is 11.4. The monoisotopic (exact) mass is 223 g/mol. The quantitative estimate of drug-likeness (QED) is 0.826. The summed E-state index contributed by atoms with van der Waals surface area (Å²) in [5, 5.41) is 3.29. The van der Waals surface area contributed by atoms with Crippen LogP contribution < -0.4 is 19.5 Å². The SMILES string of the molecule is CCNC(C)COc1ccc2c(c1)OCO2. The van der Waals surface area contributed by atoms with Gasteiger partial charge in [-0.25, -0.2) is 0 Å². The lowest BCUT2D eigenvalue weighted by Crippen LogP contribution is -2.31. The van der Waals surface area contributed by atoms with Crippen molar-refractivity contribution in [3.63, 3.8) is 0 Å². The molecular weight excluding hydrogens is 206 g/mol. The number of nitrogens with one attached hydrogen (secondary N) is 1. The Morgan fingerprint density at radius 1 is 1.38 bits per heavy atom. The van der Waals surface area contributed by atoms with Gasteiger partial charge in [-0.05, 0) is 25.6 Å². The highest BCUT2D eigenvalue weighted by atomic mass is 16.7. The molecule has 16 heavy (non-hydrogen) atoms. The Labute approximate surface area is 95.5 Å². The third kappa shape index (κ3) is 2.58. The van der Waals surface area contributed by atoms with Crippen molar-refractivity contribution >= 4 is 0 Å². The minimum Gasteiger partial charge on any atom is -0.492 e. The molecule has 1 heterocycles. The largest absolute Gasteiger partial charge is 0.492 e.